The fraction of sp³-hybridized carbons (Fsp3) is 0.611. The summed E-state index contributed by atoms with van der Waals surface area (Å²) in [5.41, 5.74) is 0. The van der Waals surface area contributed by atoms with Gasteiger partial charge in [-0.3, -0.25) is 9.59 Å². The van der Waals surface area contributed by atoms with Crippen molar-refractivity contribution in [1.29, 1.82) is 0 Å². The van der Waals surface area contributed by atoms with Gasteiger partial charge in [0.25, 0.3) is 0 Å². The summed E-state index contributed by atoms with van der Waals surface area (Å²) in [6, 6.07) is 5.85. The molecule has 1 aromatic heterocycles. The van der Waals surface area contributed by atoms with Crippen molar-refractivity contribution < 1.29 is 14.3 Å². The van der Waals surface area contributed by atoms with Crippen LogP contribution in [0.1, 0.15) is 25.7 Å². The summed E-state index contributed by atoms with van der Waals surface area (Å²) in [7, 11) is 0. The van der Waals surface area contributed by atoms with Crippen molar-refractivity contribution in [2.45, 2.75) is 31.8 Å². The number of hydrogen-bond acceptors (Lipinski definition) is 5. The van der Waals surface area contributed by atoms with E-state index in [2.05, 4.69) is 15.2 Å². The molecule has 0 bridgehead atoms. The number of ether oxygens (including phenoxy) is 1. The van der Waals surface area contributed by atoms with Crippen LogP contribution < -0.4 is 10.2 Å². The molecule has 0 radical (unpaired) electrons. The monoisotopic (exact) mass is 346 g/mol. The summed E-state index contributed by atoms with van der Waals surface area (Å²) < 4.78 is 5.47. The standard InChI is InChI=1S/C18H26N4O3/c23-17(20-14-15-4-3-13-25-15)6-7-18(24)22-11-9-21(10-12-22)16-5-1-2-8-19-16/h1-2,5,8,15H,3-4,6-7,9-14H2,(H,20,23). The Kier molecular flexibility index (Phi) is 6.22. The highest BCUT2D eigenvalue weighted by Crippen LogP contribution is 2.13. The second kappa shape index (κ2) is 8.80. The van der Waals surface area contributed by atoms with Crippen LogP contribution in [0.2, 0.25) is 0 Å². The van der Waals surface area contributed by atoms with Gasteiger partial charge in [0.2, 0.25) is 11.8 Å². The van der Waals surface area contributed by atoms with Gasteiger partial charge in [-0.05, 0) is 25.0 Å². The van der Waals surface area contributed by atoms with Gasteiger partial charge in [0, 0.05) is 58.4 Å². The lowest BCUT2D eigenvalue weighted by molar-refractivity contribution is -0.134. The zero-order valence-electron chi connectivity index (χ0n) is 14.5. The van der Waals surface area contributed by atoms with E-state index in [1.165, 1.54) is 0 Å². The van der Waals surface area contributed by atoms with Gasteiger partial charge in [-0.25, -0.2) is 4.98 Å². The molecule has 2 aliphatic heterocycles. The molecule has 0 aromatic carbocycles. The van der Waals surface area contributed by atoms with Crippen LogP contribution >= 0.6 is 0 Å². The Labute approximate surface area is 148 Å². The summed E-state index contributed by atoms with van der Waals surface area (Å²) in [4.78, 5) is 32.5. The van der Waals surface area contributed by atoms with Crippen LogP contribution in [0.15, 0.2) is 24.4 Å². The average Bonchev–Trinajstić information content (AvgIpc) is 3.19. The number of rotatable bonds is 6. The SMILES string of the molecule is O=C(CCC(=O)N1CCN(c2ccccn2)CC1)NCC1CCCO1. The van der Waals surface area contributed by atoms with Crippen LogP contribution in [0.5, 0.6) is 0 Å². The minimum absolute atomic E-state index is 0.0490. The molecule has 3 rings (SSSR count). The third-order valence-corrected chi connectivity index (χ3v) is 4.72. The first-order chi connectivity index (χ1) is 12.2. The molecule has 7 nitrogen and oxygen atoms in total. The van der Waals surface area contributed by atoms with Crippen molar-refractivity contribution >= 4 is 17.6 Å². The van der Waals surface area contributed by atoms with E-state index in [-0.39, 0.29) is 30.8 Å². The second-order valence-corrected chi connectivity index (χ2v) is 6.49. The van der Waals surface area contributed by atoms with Crippen LogP contribution in [0.4, 0.5) is 5.82 Å². The van der Waals surface area contributed by atoms with Gasteiger partial charge in [0.1, 0.15) is 5.82 Å². The molecule has 7 heteroatoms. The van der Waals surface area contributed by atoms with Crippen molar-refractivity contribution in [3.63, 3.8) is 0 Å². The fourth-order valence-corrected chi connectivity index (χ4v) is 3.23. The van der Waals surface area contributed by atoms with Gasteiger partial charge in [-0.1, -0.05) is 6.07 Å². The minimum Gasteiger partial charge on any atom is -0.376 e. The Morgan fingerprint density at radius 3 is 2.72 bits per heavy atom. The van der Waals surface area contributed by atoms with Crippen molar-refractivity contribution in [2.75, 3.05) is 44.2 Å². The van der Waals surface area contributed by atoms with Crippen LogP contribution in [0.25, 0.3) is 0 Å². The molecule has 2 saturated heterocycles. The molecule has 1 atom stereocenters. The molecular weight excluding hydrogens is 320 g/mol. The summed E-state index contributed by atoms with van der Waals surface area (Å²) in [5.74, 6) is 0.923. The molecule has 25 heavy (non-hydrogen) atoms. The Morgan fingerprint density at radius 1 is 1.20 bits per heavy atom. The molecule has 0 saturated carbocycles. The Bertz CT molecular complexity index is 567. The lowest BCUT2D eigenvalue weighted by Crippen LogP contribution is -2.49. The highest BCUT2D eigenvalue weighted by Gasteiger charge is 2.22. The maximum absolute atomic E-state index is 12.3. The van der Waals surface area contributed by atoms with E-state index in [0.717, 1.165) is 38.4 Å². The van der Waals surface area contributed by atoms with Gasteiger partial charge in [-0.15, -0.1) is 0 Å². The van der Waals surface area contributed by atoms with Crippen LogP contribution in [-0.4, -0.2) is 67.1 Å². The number of aromatic nitrogens is 1. The smallest absolute Gasteiger partial charge is 0.223 e. The first-order valence-electron chi connectivity index (χ1n) is 9.04. The van der Waals surface area contributed by atoms with Gasteiger partial charge in [-0.2, -0.15) is 0 Å². The van der Waals surface area contributed by atoms with Gasteiger partial charge >= 0.3 is 0 Å². The molecule has 2 amide bonds. The summed E-state index contributed by atoms with van der Waals surface area (Å²) in [6.07, 6.45) is 4.48. The number of carbonyl (C=O) groups excluding carboxylic acids is 2. The maximum atomic E-state index is 12.3. The number of piperazine rings is 1. The Balaban J connectivity index is 1.34. The largest absolute Gasteiger partial charge is 0.376 e. The number of amides is 2. The minimum atomic E-state index is -0.0732. The predicted molar refractivity (Wildman–Crippen MR) is 94.2 cm³/mol. The number of pyridine rings is 1. The molecule has 0 spiro atoms. The zero-order chi connectivity index (χ0) is 17.5. The molecule has 0 aliphatic carbocycles. The van der Waals surface area contributed by atoms with E-state index in [9.17, 15) is 9.59 Å². The Hall–Kier alpha value is -2.15. The van der Waals surface area contributed by atoms with Gasteiger partial charge in [0.05, 0.1) is 6.10 Å². The van der Waals surface area contributed by atoms with Crippen LogP contribution in [0, 0.1) is 0 Å². The van der Waals surface area contributed by atoms with Crippen molar-refractivity contribution in [2.24, 2.45) is 0 Å². The molecular formula is C18H26N4O3. The highest BCUT2D eigenvalue weighted by atomic mass is 16.5. The van der Waals surface area contributed by atoms with Gasteiger partial charge in [0.15, 0.2) is 0 Å². The normalized spacial score (nSPS) is 20.6. The van der Waals surface area contributed by atoms with E-state index >= 15 is 0 Å². The fourth-order valence-electron chi connectivity index (χ4n) is 3.23. The summed E-state index contributed by atoms with van der Waals surface area (Å²) in [5, 5.41) is 2.86. The predicted octanol–water partition coefficient (Wildman–Crippen LogP) is 0.806. The van der Waals surface area contributed by atoms with Crippen molar-refractivity contribution in [3.8, 4) is 0 Å². The number of hydrogen-bond donors (Lipinski definition) is 1. The first-order valence-corrected chi connectivity index (χ1v) is 9.04. The van der Waals surface area contributed by atoms with E-state index in [1.807, 2.05) is 23.1 Å². The summed E-state index contributed by atoms with van der Waals surface area (Å²) >= 11 is 0. The van der Waals surface area contributed by atoms with Crippen LogP contribution in [-0.2, 0) is 14.3 Å². The van der Waals surface area contributed by atoms with Crippen LogP contribution in [0.3, 0.4) is 0 Å². The van der Waals surface area contributed by atoms with Gasteiger partial charge < -0.3 is 19.9 Å². The lowest BCUT2D eigenvalue weighted by Gasteiger charge is -2.35. The number of anilines is 1. The summed E-state index contributed by atoms with van der Waals surface area (Å²) in [6.45, 7) is 4.22. The molecule has 2 aliphatic rings. The Morgan fingerprint density at radius 2 is 2.04 bits per heavy atom. The topological polar surface area (TPSA) is 74.8 Å². The second-order valence-electron chi connectivity index (χ2n) is 6.49. The number of nitrogens with one attached hydrogen (secondary N) is 1. The maximum Gasteiger partial charge on any atom is 0.223 e. The van der Waals surface area contributed by atoms with E-state index in [1.54, 1.807) is 6.20 Å². The number of carbonyl (C=O) groups is 2. The molecule has 136 valence electrons. The molecule has 1 N–H and O–H groups in total. The third-order valence-electron chi connectivity index (χ3n) is 4.72. The molecule has 1 aromatic rings. The number of nitrogens with zero attached hydrogens (tertiary/aromatic N) is 3. The molecule has 3 heterocycles. The van der Waals surface area contributed by atoms with Crippen molar-refractivity contribution in [1.82, 2.24) is 15.2 Å². The molecule has 2 fully saturated rings. The molecule has 1 unspecified atom stereocenters. The first kappa shape index (κ1) is 17.7. The van der Waals surface area contributed by atoms with Crippen molar-refractivity contribution in [3.05, 3.63) is 24.4 Å². The third kappa shape index (κ3) is 5.16. The highest BCUT2D eigenvalue weighted by molar-refractivity contribution is 5.83. The van der Waals surface area contributed by atoms with E-state index in [4.69, 9.17) is 4.74 Å². The quantitative estimate of drug-likeness (QED) is 0.825. The van der Waals surface area contributed by atoms with E-state index < -0.39 is 0 Å². The van der Waals surface area contributed by atoms with E-state index in [0.29, 0.717) is 19.6 Å². The zero-order valence-corrected chi connectivity index (χ0v) is 14.5. The average molecular weight is 346 g/mol. The lowest BCUT2D eigenvalue weighted by atomic mass is 10.2.